The van der Waals surface area contributed by atoms with Crippen LogP contribution in [0.3, 0.4) is 0 Å². The highest BCUT2D eigenvalue weighted by molar-refractivity contribution is 5.70. The summed E-state index contributed by atoms with van der Waals surface area (Å²) in [6.07, 6.45) is -0.365. The summed E-state index contributed by atoms with van der Waals surface area (Å²) >= 11 is 0. The number of hydrogen-bond donors (Lipinski definition) is 0. The highest BCUT2D eigenvalue weighted by Crippen LogP contribution is 2.20. The highest BCUT2D eigenvalue weighted by atomic mass is 16.6. The maximum Gasteiger partial charge on any atom is 0.414 e. The summed E-state index contributed by atoms with van der Waals surface area (Å²) in [5.74, 6) is 0.566. The predicted octanol–water partition coefficient (Wildman–Crippen LogP) is 2.20. The quantitative estimate of drug-likeness (QED) is 0.786. The zero-order valence-corrected chi connectivity index (χ0v) is 10.2. The highest BCUT2D eigenvalue weighted by Gasteiger charge is 2.07. The van der Waals surface area contributed by atoms with Gasteiger partial charge >= 0.3 is 6.09 Å². The van der Waals surface area contributed by atoms with Crippen LogP contribution in [0.15, 0.2) is 24.3 Å². The normalized spacial score (nSPS) is 9.75. The number of anilines is 1. The van der Waals surface area contributed by atoms with Gasteiger partial charge < -0.3 is 14.5 Å². The first-order chi connectivity index (χ1) is 7.54. The molecule has 4 nitrogen and oxygen atoms in total. The van der Waals surface area contributed by atoms with Crippen LogP contribution in [-0.4, -0.2) is 38.7 Å². The van der Waals surface area contributed by atoms with Gasteiger partial charge in [-0.25, -0.2) is 4.79 Å². The lowest BCUT2D eigenvalue weighted by molar-refractivity contribution is 0.172. The van der Waals surface area contributed by atoms with E-state index < -0.39 is 0 Å². The van der Waals surface area contributed by atoms with Gasteiger partial charge in [0.1, 0.15) is 5.75 Å². The van der Waals surface area contributed by atoms with Crippen molar-refractivity contribution in [2.75, 3.05) is 32.6 Å². The fourth-order valence-electron chi connectivity index (χ4n) is 1.16. The van der Waals surface area contributed by atoms with Gasteiger partial charge in [-0.15, -0.1) is 0 Å². The molecule has 1 aromatic rings. The van der Waals surface area contributed by atoms with E-state index in [0.29, 0.717) is 5.75 Å². The van der Waals surface area contributed by atoms with Crippen LogP contribution >= 0.6 is 0 Å². The summed E-state index contributed by atoms with van der Waals surface area (Å²) in [4.78, 5) is 14.8. The Labute approximate surface area is 96.4 Å². The molecule has 0 aliphatic heterocycles. The lowest BCUT2D eigenvalue weighted by atomic mass is 10.3. The van der Waals surface area contributed by atoms with Crippen molar-refractivity contribution in [1.82, 2.24) is 4.90 Å². The molecular weight excluding hydrogens is 204 g/mol. The Bertz CT molecular complexity index is 364. The summed E-state index contributed by atoms with van der Waals surface area (Å²) < 4.78 is 5.17. The van der Waals surface area contributed by atoms with Gasteiger partial charge in [-0.3, -0.25) is 0 Å². The number of amides is 1. The molecule has 16 heavy (non-hydrogen) atoms. The molecule has 1 rings (SSSR count). The Hall–Kier alpha value is -1.71. The number of benzene rings is 1. The predicted molar refractivity (Wildman–Crippen MR) is 65.1 cm³/mol. The molecule has 1 amide bonds. The largest absolute Gasteiger partial charge is 0.414 e. The van der Waals surface area contributed by atoms with Crippen molar-refractivity contribution < 1.29 is 9.53 Å². The van der Waals surface area contributed by atoms with Crippen LogP contribution in [-0.2, 0) is 0 Å². The van der Waals surface area contributed by atoms with Gasteiger partial charge in [0.2, 0.25) is 0 Å². The Morgan fingerprint density at radius 1 is 1.31 bits per heavy atom. The summed E-state index contributed by atoms with van der Waals surface area (Å²) in [7, 11) is 5.31. The standard InChI is InChI=1S/C12H18N2O2/c1-5-14(4)10-7-6-8-11(9-10)16-12(15)13(2)3/h6-9H,5H2,1-4H3. The molecule has 0 heterocycles. The van der Waals surface area contributed by atoms with Crippen LogP contribution in [0.5, 0.6) is 5.75 Å². The second kappa shape index (κ2) is 5.39. The van der Waals surface area contributed by atoms with Crippen LogP contribution in [0, 0.1) is 0 Å². The average Bonchev–Trinajstić information content (AvgIpc) is 2.28. The minimum atomic E-state index is -0.365. The van der Waals surface area contributed by atoms with Crippen molar-refractivity contribution in [3.63, 3.8) is 0 Å². The fraction of sp³-hybridized carbons (Fsp3) is 0.417. The Morgan fingerprint density at radius 3 is 2.56 bits per heavy atom. The van der Waals surface area contributed by atoms with E-state index in [0.717, 1.165) is 12.2 Å². The van der Waals surface area contributed by atoms with Gasteiger partial charge in [-0.1, -0.05) is 6.07 Å². The van der Waals surface area contributed by atoms with E-state index in [9.17, 15) is 4.79 Å². The van der Waals surface area contributed by atoms with Gasteiger partial charge in [0.05, 0.1) is 0 Å². The van der Waals surface area contributed by atoms with E-state index in [1.807, 2.05) is 25.2 Å². The Morgan fingerprint density at radius 2 is 2.00 bits per heavy atom. The van der Waals surface area contributed by atoms with Crippen LogP contribution < -0.4 is 9.64 Å². The third kappa shape index (κ3) is 3.15. The number of carbonyl (C=O) groups excluding carboxylic acids is 1. The molecule has 0 aliphatic carbocycles. The van der Waals surface area contributed by atoms with Gasteiger partial charge in [0.15, 0.2) is 0 Å². The van der Waals surface area contributed by atoms with Gasteiger partial charge in [-0.2, -0.15) is 0 Å². The lowest BCUT2D eigenvalue weighted by Crippen LogP contribution is -2.25. The van der Waals surface area contributed by atoms with Crippen molar-refractivity contribution in [3.05, 3.63) is 24.3 Å². The van der Waals surface area contributed by atoms with Crippen molar-refractivity contribution in [3.8, 4) is 5.75 Å². The molecule has 0 atom stereocenters. The molecular formula is C12H18N2O2. The third-order valence-electron chi connectivity index (χ3n) is 2.30. The molecule has 0 unspecified atom stereocenters. The summed E-state index contributed by atoms with van der Waals surface area (Å²) in [6.45, 7) is 2.98. The number of rotatable bonds is 3. The Balaban J connectivity index is 2.78. The molecule has 1 aromatic carbocycles. The van der Waals surface area contributed by atoms with E-state index in [4.69, 9.17) is 4.74 Å². The summed E-state index contributed by atoms with van der Waals surface area (Å²) in [6, 6.07) is 7.48. The molecule has 0 N–H and O–H groups in total. The van der Waals surface area contributed by atoms with E-state index in [2.05, 4.69) is 11.8 Å². The SMILES string of the molecule is CCN(C)c1cccc(OC(=O)N(C)C)c1. The second-order valence-electron chi connectivity index (χ2n) is 3.77. The lowest BCUT2D eigenvalue weighted by Gasteiger charge is -2.18. The number of hydrogen-bond acceptors (Lipinski definition) is 3. The zero-order chi connectivity index (χ0) is 12.1. The van der Waals surface area contributed by atoms with Crippen LogP contribution in [0.2, 0.25) is 0 Å². The molecule has 0 saturated heterocycles. The molecule has 0 bridgehead atoms. The van der Waals surface area contributed by atoms with Crippen LogP contribution in [0.4, 0.5) is 10.5 Å². The molecule has 0 spiro atoms. The van der Waals surface area contributed by atoms with Gasteiger partial charge in [-0.05, 0) is 19.1 Å². The number of ether oxygens (including phenoxy) is 1. The minimum Gasteiger partial charge on any atom is -0.410 e. The molecule has 0 saturated carbocycles. The van der Waals surface area contributed by atoms with Crippen LogP contribution in [0.1, 0.15) is 6.92 Å². The van der Waals surface area contributed by atoms with Crippen molar-refractivity contribution in [2.45, 2.75) is 6.92 Å². The molecule has 0 aliphatic rings. The molecule has 88 valence electrons. The van der Waals surface area contributed by atoms with Gasteiger partial charge in [0.25, 0.3) is 0 Å². The van der Waals surface area contributed by atoms with Gasteiger partial charge in [0, 0.05) is 39.4 Å². The average molecular weight is 222 g/mol. The van der Waals surface area contributed by atoms with E-state index in [1.165, 1.54) is 4.90 Å². The van der Waals surface area contributed by atoms with E-state index >= 15 is 0 Å². The topological polar surface area (TPSA) is 32.8 Å². The van der Waals surface area contributed by atoms with Crippen LogP contribution in [0.25, 0.3) is 0 Å². The van der Waals surface area contributed by atoms with E-state index in [1.54, 1.807) is 20.2 Å². The maximum absolute atomic E-state index is 11.4. The number of nitrogens with zero attached hydrogens (tertiary/aromatic N) is 2. The van der Waals surface area contributed by atoms with Crippen molar-refractivity contribution >= 4 is 11.8 Å². The fourth-order valence-corrected chi connectivity index (χ4v) is 1.16. The second-order valence-corrected chi connectivity index (χ2v) is 3.77. The van der Waals surface area contributed by atoms with Crippen molar-refractivity contribution in [1.29, 1.82) is 0 Å². The minimum absolute atomic E-state index is 0.365. The first-order valence-electron chi connectivity index (χ1n) is 5.25. The molecule has 0 radical (unpaired) electrons. The first kappa shape index (κ1) is 12.4. The van der Waals surface area contributed by atoms with Crippen molar-refractivity contribution in [2.24, 2.45) is 0 Å². The molecule has 0 aromatic heterocycles. The smallest absolute Gasteiger partial charge is 0.410 e. The summed E-state index contributed by atoms with van der Waals surface area (Å²) in [5.41, 5.74) is 1.03. The maximum atomic E-state index is 11.4. The molecule has 0 fully saturated rings. The van der Waals surface area contributed by atoms with E-state index in [-0.39, 0.29) is 6.09 Å². The molecule has 4 heteroatoms. The number of carbonyl (C=O) groups is 1. The third-order valence-corrected chi connectivity index (χ3v) is 2.30. The zero-order valence-electron chi connectivity index (χ0n) is 10.2. The first-order valence-corrected chi connectivity index (χ1v) is 5.25. The Kier molecular flexibility index (Phi) is 4.17. The summed E-state index contributed by atoms with van der Waals surface area (Å²) in [5, 5.41) is 0. The monoisotopic (exact) mass is 222 g/mol.